The minimum absolute atomic E-state index is 0.103. The van der Waals surface area contributed by atoms with Crippen LogP contribution in [0.3, 0.4) is 0 Å². The van der Waals surface area contributed by atoms with Crippen LogP contribution in [-0.4, -0.2) is 31.9 Å². The Kier molecular flexibility index (Phi) is 4.11. The quantitative estimate of drug-likeness (QED) is 0.861. The third-order valence-corrected chi connectivity index (χ3v) is 3.18. The van der Waals surface area contributed by atoms with Crippen LogP contribution in [-0.2, 0) is 14.6 Å². The van der Waals surface area contributed by atoms with Crippen molar-refractivity contribution in [2.24, 2.45) is 0 Å². The molecular formula is C11H14O5S. The van der Waals surface area contributed by atoms with Gasteiger partial charge in [0.15, 0.2) is 9.84 Å². The van der Waals surface area contributed by atoms with Gasteiger partial charge in [0.05, 0.1) is 11.3 Å². The molecule has 0 aliphatic rings. The monoisotopic (exact) mass is 258 g/mol. The molecule has 0 radical (unpaired) electrons. The molecule has 6 heteroatoms. The lowest BCUT2D eigenvalue weighted by atomic mass is 10.3. The zero-order valence-electron chi connectivity index (χ0n) is 9.58. The highest BCUT2D eigenvalue weighted by Gasteiger charge is 2.10. The zero-order valence-corrected chi connectivity index (χ0v) is 10.4. The molecule has 0 saturated heterocycles. The molecule has 0 aromatic heterocycles. The summed E-state index contributed by atoms with van der Waals surface area (Å²) < 4.78 is 27.7. The maximum atomic E-state index is 11.2. The highest BCUT2D eigenvalue weighted by Crippen LogP contribution is 2.17. The molecular weight excluding hydrogens is 244 g/mol. The largest absolute Gasteiger partial charge is 0.490 e. The topological polar surface area (TPSA) is 80.7 Å². The average Bonchev–Trinajstić information content (AvgIpc) is 2.15. The van der Waals surface area contributed by atoms with Crippen LogP contribution in [0.1, 0.15) is 13.3 Å². The number of rotatable bonds is 5. The Balaban J connectivity index is 2.72. The molecule has 0 aliphatic carbocycles. The Bertz CT molecular complexity index is 489. The summed E-state index contributed by atoms with van der Waals surface area (Å²) in [5.74, 6) is -0.489. The first-order valence-corrected chi connectivity index (χ1v) is 6.87. The average molecular weight is 258 g/mol. The number of hydrogen-bond acceptors (Lipinski definition) is 4. The standard InChI is InChI=1S/C11H14O5S/c1-8(7-11(12)13)16-9-3-5-10(6-4-9)17(2,14)15/h3-6,8H,7H2,1-2H3,(H,12,13)/t8-/m1/s1. The number of carboxylic acid groups (broad SMARTS) is 1. The van der Waals surface area contributed by atoms with Crippen LogP contribution in [0.15, 0.2) is 29.2 Å². The first-order chi connectivity index (χ1) is 7.79. The lowest BCUT2D eigenvalue weighted by Gasteiger charge is -2.12. The van der Waals surface area contributed by atoms with Gasteiger partial charge in [0.1, 0.15) is 11.9 Å². The summed E-state index contributed by atoms with van der Waals surface area (Å²) in [6.07, 6.45) is 0.556. The summed E-state index contributed by atoms with van der Waals surface area (Å²) in [5.41, 5.74) is 0. The molecule has 1 aromatic rings. The summed E-state index contributed by atoms with van der Waals surface area (Å²) in [6, 6.07) is 5.87. The minimum atomic E-state index is -3.22. The molecule has 1 N–H and O–H groups in total. The van der Waals surface area contributed by atoms with Gasteiger partial charge in [0.2, 0.25) is 0 Å². The number of sulfone groups is 1. The number of carbonyl (C=O) groups is 1. The molecule has 1 rings (SSSR count). The summed E-state index contributed by atoms with van der Waals surface area (Å²) in [6.45, 7) is 1.64. The van der Waals surface area contributed by atoms with Crippen LogP contribution < -0.4 is 4.74 Å². The third kappa shape index (κ3) is 4.44. The van der Waals surface area contributed by atoms with Crippen molar-refractivity contribution in [3.05, 3.63) is 24.3 Å². The first-order valence-electron chi connectivity index (χ1n) is 4.97. The Labute approximate surface area is 100.0 Å². The minimum Gasteiger partial charge on any atom is -0.490 e. The SMILES string of the molecule is C[C@H](CC(=O)O)Oc1ccc(S(C)(=O)=O)cc1. The molecule has 0 fully saturated rings. The van der Waals surface area contributed by atoms with E-state index in [0.29, 0.717) is 5.75 Å². The number of ether oxygens (including phenoxy) is 1. The van der Waals surface area contributed by atoms with E-state index in [1.54, 1.807) is 6.92 Å². The second-order valence-corrected chi connectivity index (χ2v) is 5.79. The van der Waals surface area contributed by atoms with Gasteiger partial charge in [-0.15, -0.1) is 0 Å². The van der Waals surface area contributed by atoms with E-state index in [1.807, 2.05) is 0 Å². The van der Waals surface area contributed by atoms with Gasteiger partial charge in [0.25, 0.3) is 0 Å². The molecule has 0 bridgehead atoms. The van der Waals surface area contributed by atoms with Gasteiger partial charge >= 0.3 is 5.97 Å². The Morgan fingerprint density at radius 1 is 1.35 bits per heavy atom. The molecule has 0 unspecified atom stereocenters. The van der Waals surface area contributed by atoms with Crippen LogP contribution >= 0.6 is 0 Å². The molecule has 1 atom stereocenters. The molecule has 0 spiro atoms. The van der Waals surface area contributed by atoms with E-state index < -0.39 is 21.9 Å². The van der Waals surface area contributed by atoms with E-state index in [1.165, 1.54) is 24.3 Å². The maximum absolute atomic E-state index is 11.2. The van der Waals surface area contributed by atoms with Crippen molar-refractivity contribution < 1.29 is 23.1 Å². The maximum Gasteiger partial charge on any atom is 0.307 e. The fourth-order valence-corrected chi connectivity index (χ4v) is 1.92. The van der Waals surface area contributed by atoms with Gasteiger partial charge < -0.3 is 9.84 Å². The van der Waals surface area contributed by atoms with Crippen LogP contribution in [0.2, 0.25) is 0 Å². The first kappa shape index (κ1) is 13.5. The van der Waals surface area contributed by atoms with E-state index in [-0.39, 0.29) is 11.3 Å². The van der Waals surface area contributed by atoms with Gasteiger partial charge in [-0.05, 0) is 31.2 Å². The molecule has 0 aliphatic heterocycles. The van der Waals surface area contributed by atoms with Crippen molar-refractivity contribution in [3.63, 3.8) is 0 Å². The van der Waals surface area contributed by atoms with E-state index in [2.05, 4.69) is 0 Å². The van der Waals surface area contributed by atoms with Gasteiger partial charge in [-0.25, -0.2) is 8.42 Å². The summed E-state index contributed by atoms with van der Waals surface area (Å²) in [5, 5.41) is 8.55. The Morgan fingerprint density at radius 3 is 2.29 bits per heavy atom. The summed E-state index contributed by atoms with van der Waals surface area (Å²) >= 11 is 0. The summed E-state index contributed by atoms with van der Waals surface area (Å²) in [4.78, 5) is 10.6. The van der Waals surface area contributed by atoms with Gasteiger partial charge in [0, 0.05) is 6.26 Å². The molecule has 94 valence electrons. The van der Waals surface area contributed by atoms with Crippen molar-refractivity contribution in [1.29, 1.82) is 0 Å². The van der Waals surface area contributed by atoms with Gasteiger partial charge in [-0.3, -0.25) is 4.79 Å². The number of carboxylic acids is 1. The van der Waals surface area contributed by atoms with E-state index in [4.69, 9.17) is 9.84 Å². The predicted octanol–water partition coefficient (Wildman–Crippen LogP) is 1.33. The zero-order chi connectivity index (χ0) is 13.1. The molecule has 17 heavy (non-hydrogen) atoms. The Morgan fingerprint density at radius 2 is 1.88 bits per heavy atom. The second kappa shape index (κ2) is 5.18. The molecule has 0 heterocycles. The van der Waals surface area contributed by atoms with Crippen LogP contribution in [0.5, 0.6) is 5.75 Å². The molecule has 0 amide bonds. The highest BCUT2D eigenvalue weighted by molar-refractivity contribution is 7.90. The van der Waals surface area contributed by atoms with E-state index in [9.17, 15) is 13.2 Å². The third-order valence-electron chi connectivity index (χ3n) is 2.05. The highest BCUT2D eigenvalue weighted by atomic mass is 32.2. The normalized spacial score (nSPS) is 13.1. The van der Waals surface area contributed by atoms with Gasteiger partial charge in [-0.2, -0.15) is 0 Å². The van der Waals surface area contributed by atoms with Crippen molar-refractivity contribution in [2.75, 3.05) is 6.26 Å². The van der Waals surface area contributed by atoms with E-state index in [0.717, 1.165) is 6.26 Å². The number of aliphatic carboxylic acids is 1. The van der Waals surface area contributed by atoms with E-state index >= 15 is 0 Å². The predicted molar refractivity (Wildman–Crippen MR) is 61.9 cm³/mol. The molecule has 1 aromatic carbocycles. The lowest BCUT2D eigenvalue weighted by Crippen LogP contribution is -2.16. The van der Waals surface area contributed by atoms with Gasteiger partial charge in [-0.1, -0.05) is 0 Å². The fourth-order valence-electron chi connectivity index (χ4n) is 1.29. The van der Waals surface area contributed by atoms with Crippen molar-refractivity contribution >= 4 is 15.8 Å². The lowest BCUT2D eigenvalue weighted by molar-refractivity contribution is -0.138. The molecule has 0 saturated carbocycles. The molecule has 5 nitrogen and oxygen atoms in total. The van der Waals surface area contributed by atoms with Crippen LogP contribution in [0, 0.1) is 0 Å². The fraction of sp³-hybridized carbons (Fsp3) is 0.364. The van der Waals surface area contributed by atoms with Crippen molar-refractivity contribution in [3.8, 4) is 5.75 Å². The smallest absolute Gasteiger partial charge is 0.307 e. The summed E-state index contributed by atoms with van der Waals surface area (Å²) in [7, 11) is -3.22. The van der Waals surface area contributed by atoms with Crippen molar-refractivity contribution in [2.45, 2.75) is 24.3 Å². The number of hydrogen-bond donors (Lipinski definition) is 1. The van der Waals surface area contributed by atoms with Crippen molar-refractivity contribution in [1.82, 2.24) is 0 Å². The number of benzene rings is 1. The second-order valence-electron chi connectivity index (χ2n) is 3.77. The Hall–Kier alpha value is -1.56. The van der Waals surface area contributed by atoms with Crippen LogP contribution in [0.25, 0.3) is 0 Å². The van der Waals surface area contributed by atoms with Crippen LogP contribution in [0.4, 0.5) is 0 Å².